The monoisotopic (exact) mass is 448 g/mol. The van der Waals surface area contributed by atoms with E-state index in [1.807, 2.05) is 0 Å². The Hall–Kier alpha value is -2.98. The molecule has 32 heavy (non-hydrogen) atoms. The summed E-state index contributed by atoms with van der Waals surface area (Å²) in [5.74, 6) is -1.81. The van der Waals surface area contributed by atoms with E-state index in [4.69, 9.17) is 0 Å². The van der Waals surface area contributed by atoms with Gasteiger partial charge in [-0.05, 0) is 51.9 Å². The standard InChI is InChI=1S/C22H29FN4O5/c1-13(2)26-21(31)19(29)18-20(30)25(11-15-5-7-16(23)8-6-15)12-17(27(18)22(26)32)9-10-24(4)14(3)28/h5-8,13-14,17,28-29H,9-12H2,1-4H3. The average molecular weight is 448 g/mol. The maximum atomic E-state index is 13.3. The van der Waals surface area contributed by atoms with Crippen molar-refractivity contribution in [1.29, 1.82) is 0 Å². The van der Waals surface area contributed by atoms with Crippen LogP contribution >= 0.6 is 0 Å². The van der Waals surface area contributed by atoms with Crippen LogP contribution in [0.25, 0.3) is 0 Å². The molecule has 0 bridgehead atoms. The number of aliphatic hydroxyl groups is 1. The van der Waals surface area contributed by atoms with Crippen molar-refractivity contribution in [3.8, 4) is 5.75 Å². The smallest absolute Gasteiger partial charge is 0.332 e. The number of hydrogen-bond donors (Lipinski definition) is 2. The molecule has 1 amide bonds. The molecule has 2 aromatic rings. The molecule has 1 aromatic carbocycles. The number of hydrogen-bond acceptors (Lipinski definition) is 6. The maximum absolute atomic E-state index is 13.3. The number of rotatable bonds is 7. The first-order chi connectivity index (χ1) is 15.0. The first-order valence-electron chi connectivity index (χ1n) is 10.5. The molecule has 0 aliphatic carbocycles. The van der Waals surface area contributed by atoms with Gasteiger partial charge in [-0.3, -0.25) is 23.6 Å². The number of aliphatic hydroxyl groups excluding tert-OH is 1. The van der Waals surface area contributed by atoms with E-state index in [-0.39, 0.29) is 18.8 Å². The lowest BCUT2D eigenvalue weighted by atomic mass is 10.1. The minimum Gasteiger partial charge on any atom is -0.501 e. The zero-order chi connectivity index (χ0) is 23.7. The van der Waals surface area contributed by atoms with Crippen molar-refractivity contribution in [2.45, 2.75) is 52.0 Å². The second kappa shape index (κ2) is 9.25. The summed E-state index contributed by atoms with van der Waals surface area (Å²) in [5.41, 5.74) is -1.23. The summed E-state index contributed by atoms with van der Waals surface area (Å²) >= 11 is 0. The Morgan fingerprint density at radius 3 is 2.34 bits per heavy atom. The molecular formula is C22H29FN4O5. The van der Waals surface area contributed by atoms with Gasteiger partial charge in [0.1, 0.15) is 12.0 Å². The third-order valence-electron chi connectivity index (χ3n) is 5.84. The molecule has 1 aliphatic heterocycles. The van der Waals surface area contributed by atoms with Crippen LogP contribution in [-0.2, 0) is 6.54 Å². The Balaban J connectivity index is 2.09. The third-order valence-corrected chi connectivity index (χ3v) is 5.84. The van der Waals surface area contributed by atoms with Gasteiger partial charge in [0, 0.05) is 25.7 Å². The quantitative estimate of drug-likeness (QED) is 0.618. The van der Waals surface area contributed by atoms with Crippen molar-refractivity contribution < 1.29 is 19.4 Å². The van der Waals surface area contributed by atoms with Gasteiger partial charge in [0.05, 0.1) is 6.04 Å². The van der Waals surface area contributed by atoms with Crippen LogP contribution in [0, 0.1) is 5.82 Å². The van der Waals surface area contributed by atoms with E-state index in [9.17, 15) is 29.0 Å². The number of aromatic hydroxyl groups is 1. The molecule has 2 atom stereocenters. The molecule has 2 unspecified atom stereocenters. The second-order valence-electron chi connectivity index (χ2n) is 8.49. The zero-order valence-corrected chi connectivity index (χ0v) is 18.7. The van der Waals surface area contributed by atoms with Crippen LogP contribution in [0.4, 0.5) is 4.39 Å². The summed E-state index contributed by atoms with van der Waals surface area (Å²) in [6.45, 7) is 5.62. The maximum Gasteiger partial charge on any atom is 0.332 e. The van der Waals surface area contributed by atoms with Gasteiger partial charge in [-0.2, -0.15) is 0 Å². The number of benzene rings is 1. The third kappa shape index (κ3) is 4.46. The molecule has 174 valence electrons. The summed E-state index contributed by atoms with van der Waals surface area (Å²) < 4.78 is 15.4. The van der Waals surface area contributed by atoms with Crippen LogP contribution < -0.4 is 11.2 Å². The van der Waals surface area contributed by atoms with Crippen molar-refractivity contribution in [1.82, 2.24) is 18.9 Å². The normalized spacial score (nSPS) is 17.2. The largest absolute Gasteiger partial charge is 0.501 e. The molecule has 1 aromatic heterocycles. The van der Waals surface area contributed by atoms with Gasteiger partial charge in [-0.15, -0.1) is 0 Å². The highest BCUT2D eigenvalue weighted by atomic mass is 19.1. The van der Waals surface area contributed by atoms with Crippen LogP contribution in [0.2, 0.25) is 0 Å². The highest BCUT2D eigenvalue weighted by Crippen LogP contribution is 2.27. The minimum atomic E-state index is -0.909. The first kappa shape index (κ1) is 23.7. The van der Waals surface area contributed by atoms with Crippen molar-refractivity contribution >= 4 is 5.91 Å². The summed E-state index contributed by atoms with van der Waals surface area (Å²) in [6.07, 6.45) is -0.318. The summed E-state index contributed by atoms with van der Waals surface area (Å²) in [7, 11) is 1.73. The molecule has 9 nitrogen and oxygen atoms in total. The molecule has 3 rings (SSSR count). The van der Waals surface area contributed by atoms with Gasteiger partial charge < -0.3 is 15.1 Å². The van der Waals surface area contributed by atoms with Gasteiger partial charge in [0.15, 0.2) is 5.69 Å². The average Bonchev–Trinajstić information content (AvgIpc) is 2.73. The Morgan fingerprint density at radius 1 is 1.16 bits per heavy atom. The molecule has 1 aliphatic rings. The number of carbonyl (C=O) groups is 1. The molecule has 0 fully saturated rings. The van der Waals surface area contributed by atoms with E-state index >= 15 is 0 Å². The molecule has 0 saturated heterocycles. The summed E-state index contributed by atoms with van der Waals surface area (Å²) in [5, 5.41) is 20.4. The van der Waals surface area contributed by atoms with E-state index in [0.29, 0.717) is 18.5 Å². The van der Waals surface area contributed by atoms with Crippen LogP contribution in [0.3, 0.4) is 0 Å². The van der Waals surface area contributed by atoms with E-state index < -0.39 is 47.0 Å². The van der Waals surface area contributed by atoms with E-state index in [1.54, 1.807) is 44.9 Å². The van der Waals surface area contributed by atoms with Gasteiger partial charge in [-0.1, -0.05) is 12.1 Å². The Morgan fingerprint density at radius 2 is 1.78 bits per heavy atom. The molecule has 0 radical (unpaired) electrons. The molecule has 10 heteroatoms. The van der Waals surface area contributed by atoms with Crippen LogP contribution in [0.5, 0.6) is 5.75 Å². The topological polar surface area (TPSA) is 108 Å². The molecule has 0 spiro atoms. The first-order valence-corrected chi connectivity index (χ1v) is 10.5. The van der Waals surface area contributed by atoms with Crippen LogP contribution in [0.1, 0.15) is 55.3 Å². The lowest BCUT2D eigenvalue weighted by molar-refractivity contribution is 0.0312. The van der Waals surface area contributed by atoms with Gasteiger partial charge in [0.25, 0.3) is 11.5 Å². The fourth-order valence-electron chi connectivity index (χ4n) is 3.90. The number of halogens is 1. The Bertz CT molecular complexity index is 1110. The van der Waals surface area contributed by atoms with E-state index in [1.165, 1.54) is 21.6 Å². The highest BCUT2D eigenvalue weighted by Gasteiger charge is 2.37. The number of aromatic nitrogens is 2. The number of nitrogens with zero attached hydrogens (tertiary/aromatic N) is 4. The highest BCUT2D eigenvalue weighted by molar-refractivity contribution is 5.95. The molecule has 0 saturated carbocycles. The van der Waals surface area contributed by atoms with Gasteiger partial charge >= 0.3 is 5.69 Å². The van der Waals surface area contributed by atoms with Crippen LogP contribution in [-0.4, -0.2) is 61.4 Å². The number of carbonyl (C=O) groups excluding carboxylic acids is 1. The van der Waals surface area contributed by atoms with Gasteiger partial charge in [-0.25, -0.2) is 9.18 Å². The van der Waals surface area contributed by atoms with Crippen molar-refractivity contribution in [3.63, 3.8) is 0 Å². The SMILES string of the molecule is CC(O)N(C)CCC1CN(Cc2ccc(F)cc2)C(=O)c2c(O)c(=O)n(C(C)C)c(=O)n21. The second-order valence-corrected chi connectivity index (χ2v) is 8.49. The van der Waals surface area contributed by atoms with E-state index in [0.717, 1.165) is 4.57 Å². The van der Waals surface area contributed by atoms with Crippen molar-refractivity contribution in [3.05, 3.63) is 62.2 Å². The molecular weight excluding hydrogens is 419 g/mol. The van der Waals surface area contributed by atoms with Crippen molar-refractivity contribution in [2.75, 3.05) is 20.1 Å². The summed E-state index contributed by atoms with van der Waals surface area (Å²) in [4.78, 5) is 42.2. The Kier molecular flexibility index (Phi) is 6.85. The lowest BCUT2D eigenvalue weighted by Gasteiger charge is -2.37. The fourth-order valence-corrected chi connectivity index (χ4v) is 3.90. The molecule has 2 heterocycles. The Labute approximate surface area is 184 Å². The lowest BCUT2D eigenvalue weighted by Crippen LogP contribution is -2.52. The summed E-state index contributed by atoms with van der Waals surface area (Å²) in [6, 6.07) is 4.64. The van der Waals surface area contributed by atoms with Gasteiger partial charge in [0.2, 0.25) is 5.75 Å². The predicted octanol–water partition coefficient (Wildman–Crippen LogP) is 1.29. The zero-order valence-electron chi connectivity index (χ0n) is 18.7. The van der Waals surface area contributed by atoms with Crippen LogP contribution in [0.15, 0.2) is 33.9 Å². The van der Waals surface area contributed by atoms with E-state index in [2.05, 4.69) is 0 Å². The predicted molar refractivity (Wildman–Crippen MR) is 116 cm³/mol. The number of fused-ring (bicyclic) bond motifs is 1. The number of amides is 1. The van der Waals surface area contributed by atoms with Crippen molar-refractivity contribution in [2.24, 2.45) is 0 Å². The minimum absolute atomic E-state index is 0.128. The molecule has 2 N–H and O–H groups in total. The fraction of sp³-hybridized carbons (Fsp3) is 0.500.